The molecule has 0 saturated heterocycles. The maximum Gasteiger partial charge on any atom is 0.00512 e. The van der Waals surface area contributed by atoms with Crippen LogP contribution in [-0.2, 0) is 6.42 Å². The first kappa shape index (κ1) is 19.4. The van der Waals surface area contributed by atoms with Gasteiger partial charge in [0.05, 0.1) is 0 Å². The average Bonchev–Trinajstić information content (AvgIpc) is 3.42. The van der Waals surface area contributed by atoms with Crippen molar-refractivity contribution >= 4 is 5.57 Å². The molecule has 6 rings (SSSR count). The SMILES string of the molecule is CCC1C=C(C2CC3CCC(C3)C2)c2ccc([C@@H]3CCCC=C3[C@@H]3C[C@H]3C)cc2C1. The summed E-state index contributed by atoms with van der Waals surface area (Å²) in [5, 5.41) is 0. The Morgan fingerprint density at radius 3 is 2.50 bits per heavy atom. The fourth-order valence-corrected chi connectivity index (χ4v) is 7.80. The zero-order chi connectivity index (χ0) is 20.2. The molecule has 5 aliphatic carbocycles. The number of hydrogen-bond donors (Lipinski definition) is 0. The zero-order valence-corrected chi connectivity index (χ0v) is 19.2. The van der Waals surface area contributed by atoms with E-state index in [1.165, 1.54) is 70.6 Å². The van der Waals surface area contributed by atoms with Gasteiger partial charge in [-0.25, -0.2) is 0 Å². The van der Waals surface area contributed by atoms with Gasteiger partial charge >= 0.3 is 0 Å². The molecule has 0 heteroatoms. The van der Waals surface area contributed by atoms with E-state index in [0.717, 1.165) is 35.5 Å². The standard InChI is InChI=1S/C30H40/c1-3-20-14-25-18-23(26-6-4-5-7-28(26)29-12-19(29)2)10-11-27(25)30(17-20)24-15-21-8-9-22(13-21)16-24/h7,10-11,17-22,24,26,29H,3-6,8-9,12-16H2,1-2H3/t19-,20?,21?,22?,24?,26+,29-/m1/s1. The van der Waals surface area contributed by atoms with Crippen LogP contribution in [0.1, 0.15) is 101 Å². The van der Waals surface area contributed by atoms with Crippen molar-refractivity contribution in [1.29, 1.82) is 0 Å². The summed E-state index contributed by atoms with van der Waals surface area (Å²) in [6.07, 6.45) is 20.9. The predicted molar refractivity (Wildman–Crippen MR) is 127 cm³/mol. The number of allylic oxidation sites excluding steroid dienone is 4. The van der Waals surface area contributed by atoms with E-state index in [1.807, 2.05) is 0 Å². The van der Waals surface area contributed by atoms with Crippen LogP contribution in [0.25, 0.3) is 5.57 Å². The predicted octanol–water partition coefficient (Wildman–Crippen LogP) is 8.33. The van der Waals surface area contributed by atoms with Crippen LogP contribution >= 0.6 is 0 Å². The molecular weight excluding hydrogens is 360 g/mol. The second-order valence-corrected chi connectivity index (χ2v) is 11.6. The van der Waals surface area contributed by atoms with Crippen molar-refractivity contribution in [1.82, 2.24) is 0 Å². The Bertz CT molecular complexity index is 858. The molecule has 0 aromatic heterocycles. The summed E-state index contributed by atoms with van der Waals surface area (Å²) in [7, 11) is 0. The zero-order valence-electron chi connectivity index (χ0n) is 19.2. The fourth-order valence-electron chi connectivity index (χ4n) is 7.80. The van der Waals surface area contributed by atoms with Gasteiger partial charge in [-0.15, -0.1) is 0 Å². The maximum absolute atomic E-state index is 2.72. The van der Waals surface area contributed by atoms with Crippen LogP contribution in [0.4, 0.5) is 0 Å². The van der Waals surface area contributed by atoms with E-state index in [0.29, 0.717) is 5.92 Å². The summed E-state index contributed by atoms with van der Waals surface area (Å²) in [6.45, 7) is 4.85. The molecule has 6 atom stereocenters. The lowest BCUT2D eigenvalue weighted by atomic mass is 9.70. The second-order valence-electron chi connectivity index (χ2n) is 11.6. The number of fused-ring (bicyclic) bond motifs is 3. The Labute approximate surface area is 184 Å². The maximum atomic E-state index is 2.72. The lowest BCUT2D eigenvalue weighted by Crippen LogP contribution is -2.21. The Morgan fingerprint density at radius 2 is 1.77 bits per heavy atom. The quantitative estimate of drug-likeness (QED) is 0.446. The molecule has 0 amide bonds. The van der Waals surface area contributed by atoms with Crippen molar-refractivity contribution in [2.75, 3.05) is 0 Å². The molecule has 160 valence electrons. The van der Waals surface area contributed by atoms with Gasteiger partial charge < -0.3 is 0 Å². The molecule has 0 N–H and O–H groups in total. The van der Waals surface area contributed by atoms with Gasteiger partial charge in [-0.2, -0.15) is 0 Å². The van der Waals surface area contributed by atoms with Gasteiger partial charge in [-0.3, -0.25) is 0 Å². The number of benzene rings is 1. The molecule has 0 radical (unpaired) electrons. The van der Waals surface area contributed by atoms with Crippen molar-refractivity contribution in [3.63, 3.8) is 0 Å². The first-order chi connectivity index (χ1) is 14.7. The number of rotatable bonds is 4. The summed E-state index contributed by atoms with van der Waals surface area (Å²) >= 11 is 0. The van der Waals surface area contributed by atoms with Crippen LogP contribution in [-0.4, -0.2) is 0 Å². The fraction of sp³-hybridized carbons (Fsp3) is 0.667. The minimum Gasteiger partial charge on any atom is -0.0844 e. The van der Waals surface area contributed by atoms with E-state index >= 15 is 0 Å². The third-order valence-electron chi connectivity index (χ3n) is 9.61. The smallest absolute Gasteiger partial charge is 0.00512 e. The summed E-state index contributed by atoms with van der Waals surface area (Å²) in [5.74, 6) is 6.17. The van der Waals surface area contributed by atoms with Gasteiger partial charge in [0.2, 0.25) is 0 Å². The largest absolute Gasteiger partial charge is 0.0844 e. The molecule has 3 fully saturated rings. The highest BCUT2D eigenvalue weighted by Crippen LogP contribution is 2.53. The lowest BCUT2D eigenvalue weighted by Gasteiger charge is -2.35. The molecule has 3 saturated carbocycles. The van der Waals surface area contributed by atoms with Crippen molar-refractivity contribution in [3.8, 4) is 0 Å². The van der Waals surface area contributed by atoms with Crippen LogP contribution < -0.4 is 0 Å². The van der Waals surface area contributed by atoms with Gasteiger partial charge in [-0.05, 0) is 116 Å². The van der Waals surface area contributed by atoms with Crippen LogP contribution in [0.5, 0.6) is 0 Å². The topological polar surface area (TPSA) is 0 Å². The monoisotopic (exact) mass is 400 g/mol. The highest BCUT2D eigenvalue weighted by molar-refractivity contribution is 5.73. The van der Waals surface area contributed by atoms with E-state index in [2.05, 4.69) is 44.2 Å². The van der Waals surface area contributed by atoms with Gasteiger partial charge in [0.15, 0.2) is 0 Å². The molecule has 2 bridgehead atoms. The third-order valence-corrected chi connectivity index (χ3v) is 9.61. The summed E-state index contributed by atoms with van der Waals surface area (Å²) < 4.78 is 0. The van der Waals surface area contributed by atoms with Crippen LogP contribution in [0.3, 0.4) is 0 Å². The molecule has 3 unspecified atom stereocenters. The highest BCUT2D eigenvalue weighted by Gasteiger charge is 2.40. The van der Waals surface area contributed by atoms with Gasteiger partial charge in [-0.1, -0.05) is 62.6 Å². The second kappa shape index (κ2) is 7.68. The lowest BCUT2D eigenvalue weighted by molar-refractivity contribution is 0.307. The van der Waals surface area contributed by atoms with E-state index < -0.39 is 0 Å². The minimum atomic E-state index is 0.707. The van der Waals surface area contributed by atoms with Crippen LogP contribution in [0.2, 0.25) is 0 Å². The Morgan fingerprint density at radius 1 is 0.967 bits per heavy atom. The molecule has 0 heterocycles. The van der Waals surface area contributed by atoms with Crippen molar-refractivity contribution in [2.45, 2.75) is 90.4 Å². The first-order valence-electron chi connectivity index (χ1n) is 13.2. The van der Waals surface area contributed by atoms with E-state index in [4.69, 9.17) is 0 Å². The first-order valence-corrected chi connectivity index (χ1v) is 13.2. The normalized spacial score (nSPS) is 39.9. The van der Waals surface area contributed by atoms with Crippen LogP contribution in [0, 0.1) is 35.5 Å². The van der Waals surface area contributed by atoms with Gasteiger partial charge in [0.1, 0.15) is 0 Å². The average molecular weight is 401 g/mol. The van der Waals surface area contributed by atoms with Crippen molar-refractivity contribution in [3.05, 3.63) is 52.6 Å². The summed E-state index contributed by atoms with van der Waals surface area (Å²) in [5.41, 5.74) is 8.51. The molecule has 0 nitrogen and oxygen atoms in total. The molecule has 30 heavy (non-hydrogen) atoms. The van der Waals surface area contributed by atoms with E-state index in [-0.39, 0.29) is 0 Å². The Kier molecular flexibility index (Phi) is 4.97. The Hall–Kier alpha value is -1.30. The highest BCUT2D eigenvalue weighted by atomic mass is 14.4. The number of hydrogen-bond acceptors (Lipinski definition) is 0. The minimum absolute atomic E-state index is 0.707. The molecule has 1 aromatic rings. The van der Waals surface area contributed by atoms with Crippen LogP contribution in [0.15, 0.2) is 35.9 Å². The molecular formula is C30H40. The van der Waals surface area contributed by atoms with E-state index in [9.17, 15) is 0 Å². The van der Waals surface area contributed by atoms with Gasteiger partial charge in [0, 0.05) is 5.92 Å². The molecule has 5 aliphatic rings. The van der Waals surface area contributed by atoms with E-state index in [1.54, 1.807) is 27.8 Å². The summed E-state index contributed by atoms with van der Waals surface area (Å²) in [6, 6.07) is 7.76. The molecule has 0 aliphatic heterocycles. The van der Waals surface area contributed by atoms with Crippen molar-refractivity contribution < 1.29 is 0 Å². The van der Waals surface area contributed by atoms with Crippen molar-refractivity contribution in [2.24, 2.45) is 35.5 Å². The van der Waals surface area contributed by atoms with Gasteiger partial charge in [0.25, 0.3) is 0 Å². The Balaban J connectivity index is 1.32. The molecule has 0 spiro atoms. The molecule has 1 aromatic carbocycles. The summed E-state index contributed by atoms with van der Waals surface area (Å²) in [4.78, 5) is 0. The third kappa shape index (κ3) is 3.43.